The summed E-state index contributed by atoms with van der Waals surface area (Å²) in [5.41, 5.74) is 0.937. The van der Waals surface area contributed by atoms with E-state index >= 15 is 0 Å². The molecule has 8 nitrogen and oxygen atoms in total. The Kier molecular flexibility index (Phi) is 5.48. The number of amides is 1. The molecule has 3 aromatic heterocycles. The molecule has 0 spiro atoms. The van der Waals surface area contributed by atoms with Crippen molar-refractivity contribution in [2.75, 3.05) is 18.4 Å². The second-order valence-corrected chi connectivity index (χ2v) is 9.11. The molecule has 33 heavy (non-hydrogen) atoms. The minimum Gasteiger partial charge on any atom is -0.329 e. The number of H-pyrrole nitrogens is 1. The van der Waals surface area contributed by atoms with Crippen molar-refractivity contribution in [2.24, 2.45) is 5.92 Å². The number of carbonyl (C=O) groups excluding carboxylic acids is 1. The van der Waals surface area contributed by atoms with E-state index < -0.39 is 17.9 Å². The van der Waals surface area contributed by atoms with Crippen LogP contribution in [0, 0.1) is 5.92 Å². The maximum absolute atomic E-state index is 14.6. The first kappa shape index (κ1) is 21.7. The van der Waals surface area contributed by atoms with E-state index in [0.29, 0.717) is 17.3 Å². The summed E-state index contributed by atoms with van der Waals surface area (Å²) in [4.78, 5) is 32.8. The fourth-order valence-corrected chi connectivity index (χ4v) is 4.40. The number of hydrogen-bond acceptors (Lipinski definition) is 5. The molecule has 1 amide bonds. The summed E-state index contributed by atoms with van der Waals surface area (Å²) in [5, 5.41) is 8.13. The summed E-state index contributed by atoms with van der Waals surface area (Å²) >= 11 is 0. The molecular weight excluding hydrogens is 430 g/mol. The van der Waals surface area contributed by atoms with E-state index in [1.807, 2.05) is 4.68 Å². The summed E-state index contributed by atoms with van der Waals surface area (Å²) in [7, 11) is 0. The van der Waals surface area contributed by atoms with Crippen LogP contribution in [0.4, 0.5) is 14.6 Å². The number of anilines is 1. The monoisotopic (exact) mass is 456 g/mol. The number of pyridine rings is 2. The van der Waals surface area contributed by atoms with Gasteiger partial charge in [0.2, 0.25) is 11.5 Å². The fourth-order valence-electron chi connectivity index (χ4n) is 4.40. The highest BCUT2D eigenvalue weighted by Gasteiger charge is 2.46. The van der Waals surface area contributed by atoms with Gasteiger partial charge in [0.05, 0.1) is 29.9 Å². The van der Waals surface area contributed by atoms with Crippen LogP contribution >= 0.6 is 0 Å². The molecule has 1 aliphatic heterocycles. The van der Waals surface area contributed by atoms with Crippen LogP contribution in [-0.2, 0) is 11.3 Å². The first-order valence-corrected chi connectivity index (χ1v) is 11.2. The van der Waals surface area contributed by atoms with Gasteiger partial charge in [-0.1, -0.05) is 6.07 Å². The van der Waals surface area contributed by atoms with E-state index in [1.54, 1.807) is 30.3 Å². The van der Waals surface area contributed by atoms with Gasteiger partial charge in [0.25, 0.3) is 5.92 Å². The van der Waals surface area contributed by atoms with Crippen molar-refractivity contribution >= 4 is 22.6 Å². The molecule has 2 atom stereocenters. The molecule has 1 aliphatic carbocycles. The maximum Gasteiger partial charge on any atom is 0.257 e. The van der Waals surface area contributed by atoms with Crippen molar-refractivity contribution < 1.29 is 13.6 Å². The molecule has 4 heterocycles. The topological polar surface area (TPSA) is 95.9 Å². The van der Waals surface area contributed by atoms with Crippen LogP contribution in [0.3, 0.4) is 0 Å². The number of aromatic nitrogens is 4. The van der Waals surface area contributed by atoms with Gasteiger partial charge in [-0.15, -0.1) is 0 Å². The largest absolute Gasteiger partial charge is 0.329 e. The van der Waals surface area contributed by atoms with Gasteiger partial charge in [-0.05, 0) is 37.3 Å². The Labute approximate surface area is 189 Å². The Hall–Kier alpha value is -3.14. The summed E-state index contributed by atoms with van der Waals surface area (Å²) in [6.07, 6.45) is 6.90. The molecule has 0 aromatic carbocycles. The van der Waals surface area contributed by atoms with E-state index in [4.69, 9.17) is 0 Å². The summed E-state index contributed by atoms with van der Waals surface area (Å²) in [6, 6.07) is 3.83. The lowest BCUT2D eigenvalue weighted by molar-refractivity contribution is -0.125. The average molecular weight is 456 g/mol. The van der Waals surface area contributed by atoms with Crippen LogP contribution in [0.1, 0.15) is 37.7 Å². The van der Waals surface area contributed by atoms with E-state index in [-0.39, 0.29) is 31.0 Å². The van der Waals surface area contributed by atoms with Gasteiger partial charge in [0.1, 0.15) is 5.82 Å². The third-order valence-corrected chi connectivity index (χ3v) is 6.70. The van der Waals surface area contributed by atoms with Crippen LogP contribution in [0.25, 0.3) is 10.9 Å². The van der Waals surface area contributed by atoms with Crippen molar-refractivity contribution in [1.82, 2.24) is 24.6 Å². The van der Waals surface area contributed by atoms with Gasteiger partial charge in [-0.2, -0.15) is 5.10 Å². The molecule has 1 saturated carbocycles. The molecule has 2 unspecified atom stereocenters. The highest BCUT2D eigenvalue weighted by atomic mass is 19.3. The molecule has 1 saturated heterocycles. The number of nitrogens with one attached hydrogen (secondary N) is 2. The number of alkyl halides is 2. The number of halogens is 2. The quantitative estimate of drug-likeness (QED) is 0.595. The van der Waals surface area contributed by atoms with Crippen LogP contribution in [-0.4, -0.2) is 55.6 Å². The number of fused-ring (bicyclic) bond motifs is 1. The Morgan fingerprint density at radius 1 is 1.33 bits per heavy atom. The zero-order chi connectivity index (χ0) is 23.2. The van der Waals surface area contributed by atoms with E-state index in [9.17, 15) is 18.4 Å². The summed E-state index contributed by atoms with van der Waals surface area (Å²) in [5.74, 6) is -3.24. The number of piperidine rings is 1. The van der Waals surface area contributed by atoms with Gasteiger partial charge >= 0.3 is 0 Å². The summed E-state index contributed by atoms with van der Waals surface area (Å²) in [6.45, 7) is 2.69. The minimum absolute atomic E-state index is 0.00797. The molecule has 2 fully saturated rings. The number of rotatable bonds is 6. The highest BCUT2D eigenvalue weighted by molar-refractivity contribution is 5.95. The number of aromatic amines is 1. The number of carbonyl (C=O) groups is 1. The van der Waals surface area contributed by atoms with E-state index in [1.165, 1.54) is 31.2 Å². The van der Waals surface area contributed by atoms with Crippen molar-refractivity contribution in [3.63, 3.8) is 0 Å². The lowest BCUT2D eigenvalue weighted by Gasteiger charge is -2.40. The highest BCUT2D eigenvalue weighted by Crippen LogP contribution is 2.40. The van der Waals surface area contributed by atoms with Crippen LogP contribution in [0.2, 0.25) is 0 Å². The molecule has 0 bridgehead atoms. The van der Waals surface area contributed by atoms with Crippen LogP contribution in [0.5, 0.6) is 0 Å². The number of likely N-dealkylation sites (tertiary alicyclic amines) is 1. The smallest absolute Gasteiger partial charge is 0.257 e. The van der Waals surface area contributed by atoms with E-state index in [2.05, 4.69) is 20.4 Å². The molecule has 3 aromatic rings. The molecular formula is C23H26F2N6O2. The fraction of sp³-hybridized carbons (Fsp3) is 0.478. The van der Waals surface area contributed by atoms with Gasteiger partial charge in [-0.3, -0.25) is 19.2 Å². The van der Waals surface area contributed by atoms with Crippen molar-refractivity contribution in [3.8, 4) is 0 Å². The normalized spacial score (nSPS) is 21.7. The second kappa shape index (κ2) is 8.33. The predicted molar refractivity (Wildman–Crippen MR) is 119 cm³/mol. The predicted octanol–water partition coefficient (Wildman–Crippen LogP) is 2.98. The molecule has 2 N–H and O–H groups in total. The first-order valence-electron chi connectivity index (χ1n) is 11.2. The first-order chi connectivity index (χ1) is 15.8. The Balaban J connectivity index is 1.27. The van der Waals surface area contributed by atoms with Gasteiger partial charge in [0, 0.05) is 43.7 Å². The standard InChI is InChI=1S/C23H26F2N6O2/c1-14(30-7-6-23(24,25)18(13-30)16-4-5-21(32)27-9-16)22(33)29-20-8-17-10-28-31(12-15-2-3-15)19(17)11-26-20/h4-5,8-11,14-15,18H,2-3,6-7,12-13H2,1H3,(H,27,32)(H,26,29,33). The second-order valence-electron chi connectivity index (χ2n) is 9.11. The maximum atomic E-state index is 14.6. The van der Waals surface area contributed by atoms with Crippen molar-refractivity contribution in [2.45, 2.75) is 50.6 Å². The Morgan fingerprint density at radius 2 is 2.15 bits per heavy atom. The van der Waals surface area contributed by atoms with Crippen molar-refractivity contribution in [3.05, 3.63) is 52.7 Å². The lowest BCUT2D eigenvalue weighted by Crippen LogP contribution is -2.52. The lowest BCUT2D eigenvalue weighted by atomic mass is 9.87. The van der Waals surface area contributed by atoms with Gasteiger partial charge < -0.3 is 10.3 Å². The van der Waals surface area contributed by atoms with Gasteiger partial charge in [0.15, 0.2) is 0 Å². The third kappa shape index (κ3) is 4.52. The SMILES string of the molecule is CC(C(=O)Nc1cc2cnn(CC3CC3)c2cn1)N1CCC(F)(F)C(c2ccc(=O)[nH]c2)C1. The average Bonchev–Trinajstić information content (AvgIpc) is 3.53. The molecule has 5 rings (SSSR count). The number of nitrogens with zero attached hydrogens (tertiary/aromatic N) is 4. The van der Waals surface area contributed by atoms with Crippen molar-refractivity contribution in [1.29, 1.82) is 0 Å². The van der Waals surface area contributed by atoms with E-state index in [0.717, 1.165) is 17.4 Å². The van der Waals surface area contributed by atoms with Crippen LogP contribution < -0.4 is 10.9 Å². The Morgan fingerprint density at radius 3 is 2.88 bits per heavy atom. The Bertz CT molecular complexity index is 1210. The molecule has 174 valence electrons. The zero-order valence-electron chi connectivity index (χ0n) is 18.3. The molecule has 0 radical (unpaired) electrons. The zero-order valence-corrected chi connectivity index (χ0v) is 18.3. The summed E-state index contributed by atoms with van der Waals surface area (Å²) < 4.78 is 31.2. The molecule has 2 aliphatic rings. The van der Waals surface area contributed by atoms with Gasteiger partial charge in [-0.25, -0.2) is 13.8 Å². The van der Waals surface area contributed by atoms with Crippen LogP contribution in [0.15, 0.2) is 41.6 Å². The number of hydrogen-bond donors (Lipinski definition) is 2. The minimum atomic E-state index is -2.92. The third-order valence-electron chi connectivity index (χ3n) is 6.70. The molecule has 10 heteroatoms.